The van der Waals surface area contributed by atoms with Gasteiger partial charge in [0.05, 0.1) is 12.3 Å². The highest BCUT2D eigenvalue weighted by molar-refractivity contribution is 5.82. The van der Waals surface area contributed by atoms with Gasteiger partial charge in [-0.1, -0.05) is 18.2 Å². The normalized spacial score (nSPS) is 14.8. The molecule has 3 heteroatoms. The molecule has 3 nitrogen and oxygen atoms in total. The van der Waals surface area contributed by atoms with Gasteiger partial charge in [-0.3, -0.25) is 0 Å². The van der Waals surface area contributed by atoms with E-state index < -0.39 is 0 Å². The van der Waals surface area contributed by atoms with E-state index in [2.05, 4.69) is 27.9 Å². The molecular weight excluding hydrogens is 248 g/mol. The number of aliphatic hydroxyl groups excluding tert-OH is 1. The zero-order chi connectivity index (χ0) is 13.5. The van der Waals surface area contributed by atoms with Gasteiger partial charge in [0.2, 0.25) is 0 Å². The number of aliphatic hydroxyl groups is 1. The number of rotatable bonds is 3. The Labute approximate surface area is 117 Å². The van der Waals surface area contributed by atoms with Crippen molar-refractivity contribution in [3.05, 3.63) is 59.9 Å². The van der Waals surface area contributed by atoms with E-state index >= 15 is 0 Å². The molecule has 1 aliphatic rings. The van der Waals surface area contributed by atoms with Crippen molar-refractivity contribution >= 4 is 11.0 Å². The van der Waals surface area contributed by atoms with Crippen molar-refractivity contribution < 1.29 is 5.11 Å². The second kappa shape index (κ2) is 4.46. The Hall–Kier alpha value is -2.13. The van der Waals surface area contributed by atoms with E-state index in [-0.39, 0.29) is 6.61 Å². The molecule has 3 aromatic rings. The second-order valence-corrected chi connectivity index (χ2v) is 5.38. The summed E-state index contributed by atoms with van der Waals surface area (Å²) in [5, 5.41) is 10.7. The third-order valence-corrected chi connectivity index (χ3v) is 4.06. The SMILES string of the molecule is OCc1ccccc1-n1ccc2c(C3CC3)ccnc21. The number of nitrogens with zero attached hydrogens (tertiary/aromatic N) is 2. The van der Waals surface area contributed by atoms with E-state index in [9.17, 15) is 5.11 Å². The highest BCUT2D eigenvalue weighted by atomic mass is 16.3. The highest BCUT2D eigenvalue weighted by Crippen LogP contribution is 2.43. The van der Waals surface area contributed by atoms with Crippen LogP contribution in [0.2, 0.25) is 0 Å². The number of pyridine rings is 1. The molecule has 0 bridgehead atoms. The summed E-state index contributed by atoms with van der Waals surface area (Å²) in [6.07, 6.45) is 6.53. The zero-order valence-electron chi connectivity index (χ0n) is 11.2. The first kappa shape index (κ1) is 11.7. The number of para-hydroxylation sites is 1. The number of aromatic nitrogens is 2. The fourth-order valence-corrected chi connectivity index (χ4v) is 2.88. The lowest BCUT2D eigenvalue weighted by Crippen LogP contribution is -1.99. The molecule has 0 amide bonds. The van der Waals surface area contributed by atoms with Crippen LogP contribution in [0.3, 0.4) is 0 Å². The van der Waals surface area contributed by atoms with Crippen LogP contribution in [0.5, 0.6) is 0 Å². The molecule has 1 aliphatic carbocycles. The molecule has 1 fully saturated rings. The predicted molar refractivity (Wildman–Crippen MR) is 79.0 cm³/mol. The average Bonchev–Trinajstić information content (AvgIpc) is 3.26. The predicted octanol–water partition coefficient (Wildman–Crippen LogP) is 3.40. The fourth-order valence-electron chi connectivity index (χ4n) is 2.88. The van der Waals surface area contributed by atoms with Crippen LogP contribution < -0.4 is 0 Å². The Bertz CT molecular complexity index is 772. The second-order valence-electron chi connectivity index (χ2n) is 5.38. The van der Waals surface area contributed by atoms with Gasteiger partial charge in [-0.15, -0.1) is 0 Å². The summed E-state index contributed by atoms with van der Waals surface area (Å²) in [5.74, 6) is 0.712. The van der Waals surface area contributed by atoms with E-state index in [4.69, 9.17) is 0 Å². The Morgan fingerprint density at radius 1 is 1.15 bits per heavy atom. The van der Waals surface area contributed by atoms with Gasteiger partial charge in [-0.05, 0) is 42.5 Å². The molecule has 100 valence electrons. The van der Waals surface area contributed by atoms with Gasteiger partial charge in [0.25, 0.3) is 0 Å². The van der Waals surface area contributed by atoms with Crippen molar-refractivity contribution in [3.63, 3.8) is 0 Å². The van der Waals surface area contributed by atoms with Crippen LogP contribution in [-0.4, -0.2) is 14.7 Å². The monoisotopic (exact) mass is 264 g/mol. The number of fused-ring (bicyclic) bond motifs is 1. The molecular formula is C17H16N2O. The minimum absolute atomic E-state index is 0.0398. The van der Waals surface area contributed by atoms with Crippen LogP contribution in [0.25, 0.3) is 16.7 Å². The fraction of sp³-hybridized carbons (Fsp3) is 0.235. The van der Waals surface area contributed by atoms with Gasteiger partial charge in [0, 0.05) is 23.3 Å². The third-order valence-electron chi connectivity index (χ3n) is 4.06. The van der Waals surface area contributed by atoms with Crippen molar-refractivity contribution in [2.24, 2.45) is 0 Å². The molecule has 1 aromatic carbocycles. The van der Waals surface area contributed by atoms with E-state index in [1.165, 1.54) is 23.8 Å². The first-order chi connectivity index (χ1) is 9.88. The summed E-state index contributed by atoms with van der Waals surface area (Å²) < 4.78 is 2.08. The van der Waals surface area contributed by atoms with Crippen molar-refractivity contribution in [2.75, 3.05) is 0 Å². The minimum atomic E-state index is 0.0398. The van der Waals surface area contributed by atoms with Crippen LogP contribution in [0.4, 0.5) is 0 Å². The van der Waals surface area contributed by atoms with E-state index in [1.807, 2.05) is 30.5 Å². The van der Waals surface area contributed by atoms with Gasteiger partial charge >= 0.3 is 0 Å². The number of benzene rings is 1. The molecule has 0 radical (unpaired) electrons. The first-order valence-electron chi connectivity index (χ1n) is 7.03. The molecule has 0 saturated heterocycles. The van der Waals surface area contributed by atoms with Crippen LogP contribution in [0.15, 0.2) is 48.8 Å². The van der Waals surface area contributed by atoms with Crippen molar-refractivity contribution in [1.29, 1.82) is 0 Å². The summed E-state index contributed by atoms with van der Waals surface area (Å²) in [5.41, 5.74) is 4.32. The maximum absolute atomic E-state index is 9.51. The van der Waals surface area contributed by atoms with Gasteiger partial charge in [0.1, 0.15) is 5.65 Å². The summed E-state index contributed by atoms with van der Waals surface area (Å²) in [7, 11) is 0. The lowest BCUT2D eigenvalue weighted by molar-refractivity contribution is 0.281. The topological polar surface area (TPSA) is 38.0 Å². The Balaban J connectivity index is 1.94. The Morgan fingerprint density at radius 2 is 2.00 bits per heavy atom. The van der Waals surface area contributed by atoms with Crippen LogP contribution in [0, 0.1) is 0 Å². The Kier molecular flexibility index (Phi) is 2.60. The van der Waals surface area contributed by atoms with Crippen LogP contribution >= 0.6 is 0 Å². The third kappa shape index (κ3) is 1.74. The first-order valence-corrected chi connectivity index (χ1v) is 7.03. The van der Waals surface area contributed by atoms with Gasteiger partial charge < -0.3 is 9.67 Å². The molecule has 0 atom stereocenters. The molecule has 2 aromatic heterocycles. The zero-order valence-corrected chi connectivity index (χ0v) is 11.2. The molecule has 1 N–H and O–H groups in total. The summed E-state index contributed by atoms with van der Waals surface area (Å²) in [6.45, 7) is 0.0398. The Morgan fingerprint density at radius 3 is 2.80 bits per heavy atom. The van der Waals surface area contributed by atoms with Gasteiger partial charge in [-0.2, -0.15) is 0 Å². The molecule has 0 unspecified atom stereocenters. The lowest BCUT2D eigenvalue weighted by Gasteiger charge is -2.10. The maximum atomic E-state index is 9.51. The van der Waals surface area contributed by atoms with Gasteiger partial charge in [-0.25, -0.2) is 4.98 Å². The summed E-state index contributed by atoms with van der Waals surface area (Å²) in [4.78, 5) is 4.55. The lowest BCUT2D eigenvalue weighted by atomic mass is 10.1. The van der Waals surface area contributed by atoms with Crippen LogP contribution in [0.1, 0.15) is 29.9 Å². The highest BCUT2D eigenvalue weighted by Gasteiger charge is 2.26. The van der Waals surface area contributed by atoms with E-state index in [0.717, 1.165) is 16.9 Å². The molecule has 2 heterocycles. The van der Waals surface area contributed by atoms with Crippen molar-refractivity contribution in [1.82, 2.24) is 9.55 Å². The van der Waals surface area contributed by atoms with Crippen molar-refractivity contribution in [2.45, 2.75) is 25.4 Å². The van der Waals surface area contributed by atoms with Crippen molar-refractivity contribution in [3.8, 4) is 5.69 Å². The smallest absolute Gasteiger partial charge is 0.144 e. The molecule has 0 spiro atoms. The summed E-state index contributed by atoms with van der Waals surface area (Å²) in [6, 6.07) is 12.2. The summed E-state index contributed by atoms with van der Waals surface area (Å²) >= 11 is 0. The average molecular weight is 264 g/mol. The standard InChI is InChI=1S/C17H16N2O/c20-11-13-3-1-2-4-16(13)19-10-8-15-14(12-5-6-12)7-9-18-17(15)19/h1-4,7-10,12,20H,5-6,11H2. The maximum Gasteiger partial charge on any atom is 0.144 e. The molecule has 0 aliphatic heterocycles. The van der Waals surface area contributed by atoms with E-state index in [0.29, 0.717) is 5.92 Å². The molecule has 4 rings (SSSR count). The van der Waals surface area contributed by atoms with Crippen LogP contribution in [-0.2, 0) is 6.61 Å². The quantitative estimate of drug-likeness (QED) is 0.787. The number of hydrogen-bond donors (Lipinski definition) is 1. The minimum Gasteiger partial charge on any atom is -0.392 e. The molecule has 1 saturated carbocycles. The molecule has 20 heavy (non-hydrogen) atoms. The number of hydrogen-bond acceptors (Lipinski definition) is 2. The van der Waals surface area contributed by atoms with E-state index in [1.54, 1.807) is 0 Å². The van der Waals surface area contributed by atoms with Gasteiger partial charge in [0.15, 0.2) is 0 Å². The largest absolute Gasteiger partial charge is 0.392 e.